The number of carbonyl (C=O) groups is 2. The number of amides is 1. The number of amidine groups is 1. The molecule has 3 aromatic carbocycles. The van der Waals surface area contributed by atoms with Crippen molar-refractivity contribution in [3.8, 4) is 17.1 Å². The fourth-order valence-electron chi connectivity index (χ4n) is 4.90. The molecule has 6 rings (SSSR count). The van der Waals surface area contributed by atoms with E-state index in [-0.39, 0.29) is 11.5 Å². The summed E-state index contributed by atoms with van der Waals surface area (Å²) in [6, 6.07) is 24.0. The first kappa shape index (κ1) is 27.2. The second-order valence-corrected chi connectivity index (χ2v) is 10.8. The Hall–Kier alpha value is -5.02. The van der Waals surface area contributed by atoms with Gasteiger partial charge in [-0.25, -0.2) is 9.79 Å². The van der Waals surface area contributed by atoms with Gasteiger partial charge in [-0.3, -0.25) is 9.69 Å². The largest absolute Gasteiger partial charge is 0.497 e. The fourth-order valence-corrected chi connectivity index (χ4v) is 5.91. The minimum absolute atomic E-state index is 0.146. The van der Waals surface area contributed by atoms with Crippen molar-refractivity contribution in [3.63, 3.8) is 0 Å². The van der Waals surface area contributed by atoms with Crippen LogP contribution in [-0.4, -0.2) is 45.7 Å². The second-order valence-electron chi connectivity index (χ2n) is 9.81. The molecule has 1 amide bonds. The summed E-state index contributed by atoms with van der Waals surface area (Å²) in [5.74, 6) is 0.715. The van der Waals surface area contributed by atoms with Gasteiger partial charge >= 0.3 is 5.97 Å². The van der Waals surface area contributed by atoms with Gasteiger partial charge in [-0.2, -0.15) is 0 Å². The van der Waals surface area contributed by atoms with Crippen LogP contribution in [0, 0.1) is 6.92 Å². The topological polar surface area (TPSA) is 108 Å². The lowest BCUT2D eigenvalue weighted by Crippen LogP contribution is -2.31. The van der Waals surface area contributed by atoms with E-state index < -0.39 is 5.97 Å². The standard InChI is InChI=1S/C33H27N3O5S/c1-20-17-21(32(38)39)7-13-26(20)29-14-12-25(41-29)18-30-31(37)36(16-15-22-19-34-28-6-4-3-5-27(22)28)33(42-30)35-23-8-10-24(40-2)11-9-23/h3-14,17-19,34H,15-16H2,1-2H3,(H,38,39)/b30-18-,35-33?. The molecular formula is C33H27N3O5S. The van der Waals surface area contributed by atoms with Crippen molar-refractivity contribution < 1.29 is 23.8 Å². The average Bonchev–Trinajstić information content (AvgIpc) is 3.70. The van der Waals surface area contributed by atoms with Crippen LogP contribution < -0.4 is 4.74 Å². The van der Waals surface area contributed by atoms with Crippen LogP contribution in [-0.2, 0) is 11.2 Å². The van der Waals surface area contributed by atoms with Crippen molar-refractivity contribution in [2.75, 3.05) is 13.7 Å². The first-order chi connectivity index (χ1) is 20.4. The van der Waals surface area contributed by atoms with Gasteiger partial charge < -0.3 is 19.2 Å². The summed E-state index contributed by atoms with van der Waals surface area (Å²) in [6.45, 7) is 2.30. The number of aromatic nitrogens is 1. The third-order valence-electron chi connectivity index (χ3n) is 7.10. The Balaban J connectivity index is 1.29. The zero-order valence-corrected chi connectivity index (χ0v) is 23.8. The molecule has 0 unspecified atom stereocenters. The van der Waals surface area contributed by atoms with Crippen LogP contribution in [0.25, 0.3) is 28.3 Å². The number of aryl methyl sites for hydroxylation is 1. The number of aromatic amines is 1. The molecule has 5 aromatic rings. The molecule has 1 saturated heterocycles. The van der Waals surface area contributed by atoms with Gasteiger partial charge in [0.25, 0.3) is 5.91 Å². The van der Waals surface area contributed by atoms with Crippen LogP contribution in [0.3, 0.4) is 0 Å². The lowest BCUT2D eigenvalue weighted by molar-refractivity contribution is -0.122. The van der Waals surface area contributed by atoms with Crippen molar-refractivity contribution in [1.29, 1.82) is 0 Å². The smallest absolute Gasteiger partial charge is 0.335 e. The number of nitrogens with zero attached hydrogens (tertiary/aromatic N) is 2. The third-order valence-corrected chi connectivity index (χ3v) is 8.11. The maximum Gasteiger partial charge on any atom is 0.335 e. The average molecular weight is 578 g/mol. The minimum atomic E-state index is -0.979. The SMILES string of the molecule is COc1ccc(N=C2S/C(=C\c3ccc(-c4ccc(C(=O)O)cc4C)o3)C(=O)N2CCc2c[nH]c3ccccc23)cc1. The van der Waals surface area contributed by atoms with Crippen molar-refractivity contribution >= 4 is 51.5 Å². The van der Waals surface area contributed by atoms with Crippen molar-refractivity contribution in [3.05, 3.63) is 112 Å². The van der Waals surface area contributed by atoms with Crippen LogP contribution in [0.4, 0.5) is 5.69 Å². The molecule has 0 spiro atoms. The summed E-state index contributed by atoms with van der Waals surface area (Å²) in [6.07, 6.45) is 4.37. The lowest BCUT2D eigenvalue weighted by atomic mass is 10.0. The normalized spacial score (nSPS) is 15.3. The highest BCUT2D eigenvalue weighted by molar-refractivity contribution is 8.18. The number of aromatic carboxylic acids is 1. The zero-order valence-electron chi connectivity index (χ0n) is 23.0. The van der Waals surface area contributed by atoms with E-state index in [1.165, 1.54) is 11.8 Å². The van der Waals surface area contributed by atoms with Gasteiger partial charge in [-0.1, -0.05) is 24.3 Å². The van der Waals surface area contributed by atoms with E-state index in [9.17, 15) is 14.7 Å². The summed E-state index contributed by atoms with van der Waals surface area (Å²) in [5.41, 5.74) is 4.69. The molecule has 1 aliphatic heterocycles. The highest BCUT2D eigenvalue weighted by atomic mass is 32.2. The van der Waals surface area contributed by atoms with Crippen LogP contribution in [0.5, 0.6) is 5.75 Å². The molecule has 1 fully saturated rings. The number of aliphatic imine (C=N–C) groups is 1. The molecule has 1 aliphatic rings. The maximum atomic E-state index is 13.7. The van der Waals surface area contributed by atoms with E-state index in [4.69, 9.17) is 14.1 Å². The number of thioether (sulfide) groups is 1. The van der Waals surface area contributed by atoms with Crippen LogP contribution in [0.15, 0.2) is 99.4 Å². The van der Waals surface area contributed by atoms with E-state index in [0.717, 1.165) is 33.3 Å². The van der Waals surface area contributed by atoms with Gasteiger partial charge in [-0.15, -0.1) is 0 Å². The molecular weight excluding hydrogens is 550 g/mol. The Kier molecular flexibility index (Phi) is 7.41. The number of carboxylic acid groups (broad SMARTS) is 1. The first-order valence-electron chi connectivity index (χ1n) is 13.3. The summed E-state index contributed by atoms with van der Waals surface area (Å²) >= 11 is 1.30. The highest BCUT2D eigenvalue weighted by Crippen LogP contribution is 2.36. The van der Waals surface area contributed by atoms with Gasteiger partial charge in [0.05, 0.1) is 23.3 Å². The fraction of sp³-hybridized carbons (Fsp3) is 0.121. The number of hydrogen-bond acceptors (Lipinski definition) is 6. The maximum absolute atomic E-state index is 13.7. The summed E-state index contributed by atoms with van der Waals surface area (Å²) < 4.78 is 11.3. The highest BCUT2D eigenvalue weighted by Gasteiger charge is 2.33. The molecule has 0 atom stereocenters. The third kappa shape index (κ3) is 5.46. The molecule has 42 heavy (non-hydrogen) atoms. The van der Waals surface area contributed by atoms with Crippen molar-refractivity contribution in [2.45, 2.75) is 13.3 Å². The van der Waals surface area contributed by atoms with E-state index in [0.29, 0.717) is 40.2 Å². The van der Waals surface area contributed by atoms with Crippen LogP contribution in [0.2, 0.25) is 0 Å². The van der Waals surface area contributed by atoms with Gasteiger partial charge in [-0.05, 0) is 90.8 Å². The molecule has 0 saturated carbocycles. The van der Waals surface area contributed by atoms with Crippen LogP contribution in [0.1, 0.15) is 27.2 Å². The van der Waals surface area contributed by atoms with Crippen molar-refractivity contribution in [1.82, 2.24) is 9.88 Å². The lowest BCUT2D eigenvalue weighted by Gasteiger charge is -2.15. The first-order valence-corrected chi connectivity index (χ1v) is 14.1. The predicted octanol–water partition coefficient (Wildman–Crippen LogP) is 7.29. The molecule has 3 heterocycles. The quantitative estimate of drug-likeness (QED) is 0.188. The Morgan fingerprint density at radius 1 is 1.10 bits per heavy atom. The number of benzene rings is 3. The summed E-state index contributed by atoms with van der Waals surface area (Å²) in [7, 11) is 1.61. The number of fused-ring (bicyclic) bond motifs is 1. The molecule has 2 N–H and O–H groups in total. The van der Waals surface area contributed by atoms with Gasteiger partial charge in [0.1, 0.15) is 17.3 Å². The molecule has 0 bridgehead atoms. The Bertz CT molecular complexity index is 1870. The number of furan rings is 1. The van der Waals surface area contributed by atoms with Crippen molar-refractivity contribution in [2.24, 2.45) is 4.99 Å². The van der Waals surface area contributed by atoms with Gasteiger partial charge in [0.2, 0.25) is 0 Å². The molecule has 210 valence electrons. The summed E-state index contributed by atoms with van der Waals surface area (Å²) in [4.78, 5) is 35.3. The van der Waals surface area contributed by atoms with E-state index in [1.807, 2.05) is 61.7 Å². The number of hydrogen-bond donors (Lipinski definition) is 2. The number of methoxy groups -OCH3 is 1. The van der Waals surface area contributed by atoms with Gasteiger partial charge in [0, 0.05) is 35.3 Å². The molecule has 0 aliphatic carbocycles. The Morgan fingerprint density at radius 3 is 2.67 bits per heavy atom. The van der Waals surface area contributed by atoms with Crippen LogP contribution >= 0.6 is 11.8 Å². The van der Waals surface area contributed by atoms with Gasteiger partial charge in [0.15, 0.2) is 5.17 Å². The number of rotatable bonds is 8. The minimum Gasteiger partial charge on any atom is -0.497 e. The molecule has 9 heteroatoms. The monoisotopic (exact) mass is 577 g/mol. The number of para-hydroxylation sites is 1. The predicted molar refractivity (Wildman–Crippen MR) is 165 cm³/mol. The molecule has 8 nitrogen and oxygen atoms in total. The number of carbonyl (C=O) groups excluding carboxylic acids is 1. The Labute approximate surface area is 246 Å². The molecule has 0 radical (unpaired) electrons. The van der Waals surface area contributed by atoms with E-state index >= 15 is 0 Å². The molecule has 2 aromatic heterocycles. The zero-order chi connectivity index (χ0) is 29.2. The van der Waals surface area contributed by atoms with E-state index in [2.05, 4.69) is 11.1 Å². The van der Waals surface area contributed by atoms with E-state index in [1.54, 1.807) is 42.4 Å². The number of carboxylic acids is 1. The summed E-state index contributed by atoms with van der Waals surface area (Å²) in [5, 5.41) is 11.0. The number of ether oxygens (including phenoxy) is 1. The Morgan fingerprint density at radius 2 is 1.90 bits per heavy atom. The second kappa shape index (κ2) is 11.5. The number of H-pyrrole nitrogens is 1. The number of nitrogens with one attached hydrogen (secondary N) is 1.